The summed E-state index contributed by atoms with van der Waals surface area (Å²) in [7, 11) is 0. The van der Waals surface area contributed by atoms with Gasteiger partial charge in [-0.15, -0.1) is 0 Å². The summed E-state index contributed by atoms with van der Waals surface area (Å²) in [6.07, 6.45) is 1.53. The van der Waals surface area contributed by atoms with Gasteiger partial charge >= 0.3 is 0 Å². The summed E-state index contributed by atoms with van der Waals surface area (Å²) in [5, 5.41) is 2.15. The highest BCUT2D eigenvalue weighted by molar-refractivity contribution is 6.45. The fourth-order valence-corrected chi connectivity index (χ4v) is 2.36. The second-order valence-corrected chi connectivity index (χ2v) is 5.32. The average molecular weight is 325 g/mol. The number of hydrogen-bond acceptors (Lipinski definition) is 2. The topological polar surface area (TPSA) is 22.1 Å². The zero-order valence-corrected chi connectivity index (χ0v) is 12.4. The quantitative estimate of drug-likeness (QED) is 0.578. The zero-order valence-electron chi connectivity index (χ0n) is 10.1. The molecule has 0 amide bonds. The SMILES string of the molecule is Clc1ccccc1Oc1ccc2ncc(Cl)c(Cl)c2c1. The van der Waals surface area contributed by atoms with E-state index in [0.717, 1.165) is 10.9 Å². The third-order valence-corrected chi connectivity index (χ3v) is 3.90. The maximum Gasteiger partial charge on any atom is 0.146 e. The van der Waals surface area contributed by atoms with Crippen LogP contribution in [0.4, 0.5) is 0 Å². The van der Waals surface area contributed by atoms with Gasteiger partial charge in [0.2, 0.25) is 0 Å². The van der Waals surface area contributed by atoms with E-state index in [0.29, 0.717) is 26.6 Å². The summed E-state index contributed by atoms with van der Waals surface area (Å²) in [5.74, 6) is 1.20. The van der Waals surface area contributed by atoms with Crippen molar-refractivity contribution >= 4 is 45.7 Å². The van der Waals surface area contributed by atoms with Gasteiger partial charge in [-0.05, 0) is 30.3 Å². The lowest BCUT2D eigenvalue weighted by Gasteiger charge is -2.09. The van der Waals surface area contributed by atoms with Crippen molar-refractivity contribution in [3.8, 4) is 11.5 Å². The van der Waals surface area contributed by atoms with Crippen molar-refractivity contribution in [1.82, 2.24) is 4.98 Å². The lowest BCUT2D eigenvalue weighted by molar-refractivity contribution is 0.483. The van der Waals surface area contributed by atoms with E-state index in [1.807, 2.05) is 24.3 Å². The third-order valence-electron chi connectivity index (χ3n) is 2.80. The molecule has 2 nitrogen and oxygen atoms in total. The molecule has 0 atom stereocenters. The van der Waals surface area contributed by atoms with Crippen LogP contribution in [0.25, 0.3) is 10.9 Å². The first kappa shape index (κ1) is 13.5. The predicted molar refractivity (Wildman–Crippen MR) is 83.3 cm³/mol. The van der Waals surface area contributed by atoms with Crippen molar-refractivity contribution in [1.29, 1.82) is 0 Å². The molecular formula is C15H8Cl3NO. The minimum absolute atomic E-state index is 0.411. The summed E-state index contributed by atoms with van der Waals surface area (Å²) >= 11 is 18.2. The molecule has 1 heterocycles. The van der Waals surface area contributed by atoms with Gasteiger partial charge in [0.25, 0.3) is 0 Å². The molecule has 0 bridgehead atoms. The number of pyridine rings is 1. The molecule has 3 rings (SSSR count). The highest BCUT2D eigenvalue weighted by Crippen LogP contribution is 2.34. The minimum atomic E-state index is 0.411. The summed E-state index contributed by atoms with van der Waals surface area (Å²) < 4.78 is 5.75. The van der Waals surface area contributed by atoms with Crippen molar-refractivity contribution < 1.29 is 4.74 Å². The van der Waals surface area contributed by atoms with Gasteiger partial charge in [-0.1, -0.05) is 46.9 Å². The van der Waals surface area contributed by atoms with Crippen molar-refractivity contribution in [3.05, 3.63) is 63.7 Å². The van der Waals surface area contributed by atoms with Crippen LogP contribution in [0.2, 0.25) is 15.1 Å². The molecule has 0 aliphatic carbocycles. The Kier molecular flexibility index (Phi) is 3.70. The third kappa shape index (κ3) is 2.55. The second-order valence-electron chi connectivity index (χ2n) is 4.13. The van der Waals surface area contributed by atoms with Crippen LogP contribution in [0.1, 0.15) is 0 Å². The van der Waals surface area contributed by atoms with Gasteiger partial charge in [0.15, 0.2) is 0 Å². The van der Waals surface area contributed by atoms with Crippen LogP contribution in [0.5, 0.6) is 11.5 Å². The van der Waals surface area contributed by atoms with Gasteiger partial charge in [0.1, 0.15) is 11.5 Å². The molecule has 0 unspecified atom stereocenters. The van der Waals surface area contributed by atoms with Gasteiger partial charge < -0.3 is 4.74 Å². The molecule has 0 aliphatic rings. The van der Waals surface area contributed by atoms with Crippen LogP contribution in [0.15, 0.2) is 48.7 Å². The second kappa shape index (κ2) is 5.49. The number of aromatic nitrogens is 1. The first-order valence-electron chi connectivity index (χ1n) is 5.81. The Morgan fingerprint density at radius 2 is 1.70 bits per heavy atom. The Balaban J connectivity index is 2.05. The number of rotatable bonds is 2. The maximum atomic E-state index is 6.18. The van der Waals surface area contributed by atoms with Crippen LogP contribution < -0.4 is 4.74 Å². The molecule has 0 saturated heterocycles. The first-order valence-corrected chi connectivity index (χ1v) is 6.94. The van der Waals surface area contributed by atoms with Crippen molar-refractivity contribution in [2.45, 2.75) is 0 Å². The molecule has 0 fully saturated rings. The first-order chi connectivity index (χ1) is 9.65. The Labute approximate surface area is 130 Å². The minimum Gasteiger partial charge on any atom is -0.456 e. The summed E-state index contributed by atoms with van der Waals surface area (Å²) in [6.45, 7) is 0. The lowest BCUT2D eigenvalue weighted by Crippen LogP contribution is -1.87. The van der Waals surface area contributed by atoms with E-state index in [4.69, 9.17) is 39.5 Å². The molecule has 0 aliphatic heterocycles. The number of para-hydroxylation sites is 1. The Morgan fingerprint density at radius 3 is 2.50 bits per heavy atom. The molecule has 0 radical (unpaired) electrons. The van der Waals surface area contributed by atoms with Crippen LogP contribution in [0, 0.1) is 0 Å². The summed E-state index contributed by atoms with van der Waals surface area (Å²) in [4.78, 5) is 4.21. The Morgan fingerprint density at radius 1 is 0.900 bits per heavy atom. The van der Waals surface area contributed by atoms with E-state index >= 15 is 0 Å². The van der Waals surface area contributed by atoms with Crippen LogP contribution >= 0.6 is 34.8 Å². The highest BCUT2D eigenvalue weighted by atomic mass is 35.5. The van der Waals surface area contributed by atoms with Crippen molar-refractivity contribution in [2.24, 2.45) is 0 Å². The van der Waals surface area contributed by atoms with Crippen molar-refractivity contribution in [2.75, 3.05) is 0 Å². The molecular weight excluding hydrogens is 317 g/mol. The molecule has 3 aromatic rings. The van der Waals surface area contributed by atoms with Crippen molar-refractivity contribution in [3.63, 3.8) is 0 Å². The molecule has 100 valence electrons. The van der Waals surface area contributed by atoms with Crippen LogP contribution in [-0.2, 0) is 0 Å². The number of benzene rings is 2. The number of hydrogen-bond donors (Lipinski definition) is 0. The Bertz CT molecular complexity index is 789. The number of nitrogens with zero attached hydrogens (tertiary/aromatic N) is 1. The molecule has 5 heteroatoms. The van der Waals surface area contributed by atoms with E-state index in [2.05, 4.69) is 4.98 Å². The lowest BCUT2D eigenvalue weighted by atomic mass is 10.2. The van der Waals surface area contributed by atoms with Gasteiger partial charge in [-0.3, -0.25) is 4.98 Å². The van der Waals surface area contributed by atoms with E-state index in [-0.39, 0.29) is 0 Å². The van der Waals surface area contributed by atoms with Crippen LogP contribution in [-0.4, -0.2) is 4.98 Å². The van der Waals surface area contributed by atoms with Gasteiger partial charge in [0.05, 0.1) is 20.6 Å². The predicted octanol–water partition coefficient (Wildman–Crippen LogP) is 5.99. The molecule has 0 spiro atoms. The average Bonchev–Trinajstić information content (AvgIpc) is 2.46. The number of halogens is 3. The fraction of sp³-hybridized carbons (Fsp3) is 0. The van der Waals surface area contributed by atoms with Gasteiger partial charge in [-0.25, -0.2) is 0 Å². The zero-order chi connectivity index (χ0) is 14.1. The van der Waals surface area contributed by atoms with E-state index < -0.39 is 0 Å². The summed E-state index contributed by atoms with van der Waals surface area (Å²) in [5.41, 5.74) is 0.755. The molecule has 20 heavy (non-hydrogen) atoms. The molecule has 0 N–H and O–H groups in total. The van der Waals surface area contributed by atoms with Crippen LogP contribution in [0.3, 0.4) is 0 Å². The molecule has 2 aromatic carbocycles. The highest BCUT2D eigenvalue weighted by Gasteiger charge is 2.08. The monoisotopic (exact) mass is 323 g/mol. The molecule has 1 aromatic heterocycles. The van der Waals surface area contributed by atoms with E-state index in [1.54, 1.807) is 18.2 Å². The molecule has 0 saturated carbocycles. The largest absolute Gasteiger partial charge is 0.456 e. The number of fused-ring (bicyclic) bond motifs is 1. The fourth-order valence-electron chi connectivity index (χ4n) is 1.83. The normalized spacial score (nSPS) is 10.8. The Hall–Kier alpha value is -1.48. The summed E-state index contributed by atoms with van der Waals surface area (Å²) in [6, 6.07) is 12.7. The number of ether oxygens (including phenoxy) is 1. The van der Waals surface area contributed by atoms with Gasteiger partial charge in [-0.2, -0.15) is 0 Å². The van der Waals surface area contributed by atoms with Gasteiger partial charge in [0, 0.05) is 11.6 Å². The standard InChI is InChI=1S/C15H8Cl3NO/c16-11-3-1-2-4-14(11)20-9-5-6-13-10(7-9)15(18)12(17)8-19-13/h1-8H. The maximum absolute atomic E-state index is 6.18. The van der Waals surface area contributed by atoms with E-state index in [1.165, 1.54) is 6.20 Å². The smallest absolute Gasteiger partial charge is 0.146 e. The van der Waals surface area contributed by atoms with E-state index in [9.17, 15) is 0 Å².